The van der Waals surface area contributed by atoms with Crippen molar-refractivity contribution in [2.24, 2.45) is 5.73 Å². The van der Waals surface area contributed by atoms with Crippen LogP contribution >= 0.6 is 0 Å². The van der Waals surface area contributed by atoms with Crippen molar-refractivity contribution in [3.05, 3.63) is 12.7 Å². The average Bonchev–Trinajstić information content (AvgIpc) is 3.06. The van der Waals surface area contributed by atoms with Gasteiger partial charge in [0.05, 0.1) is 55.4 Å². The average molecular weight is 781 g/mol. The standard InChI is InChI=1S/C23H48NO.C12H27N.C10H20NO.2ClH/c1-5-6-7-8-9-10-11-12-13-14-15-16-17-20-23(25)21-18-19-22-24(2,3)4;1-2-3-4-5-6-7-8-9-10-11-12-13;1-5-10(12)8-6-7-9-11(2,3)4;;/h5-22H2,1-4H3;2-13H2,1H3;5H,1,6-9H2,2-4H3;2*1H/q+1;;+1;;/p-2. The topological polar surface area (TPSA) is 60.2 Å². The Labute approximate surface area is 340 Å². The molecule has 0 heterocycles. The van der Waals surface area contributed by atoms with Gasteiger partial charge in [0.1, 0.15) is 5.78 Å². The second-order valence-electron chi connectivity index (χ2n) is 17.1. The number of nitrogens with two attached hydrogens (primary N) is 1. The van der Waals surface area contributed by atoms with Crippen LogP contribution in [0.4, 0.5) is 0 Å². The number of Topliss-reactive ketones (excluding diaryl/α,β-unsaturated/α-hetero) is 1. The molecule has 52 heavy (non-hydrogen) atoms. The van der Waals surface area contributed by atoms with Gasteiger partial charge in [-0.05, 0) is 51.1 Å². The van der Waals surface area contributed by atoms with Crippen LogP contribution in [-0.4, -0.2) is 82.5 Å². The van der Waals surface area contributed by atoms with Crippen molar-refractivity contribution in [1.82, 2.24) is 0 Å². The number of hydrogen-bond donors (Lipinski definition) is 1. The van der Waals surface area contributed by atoms with Crippen LogP contribution in [0, 0.1) is 0 Å². The van der Waals surface area contributed by atoms with Gasteiger partial charge in [-0.25, -0.2) is 0 Å². The van der Waals surface area contributed by atoms with Crippen molar-refractivity contribution in [1.29, 1.82) is 0 Å². The Morgan fingerprint density at radius 3 is 1.00 bits per heavy atom. The molecule has 0 aromatic heterocycles. The van der Waals surface area contributed by atoms with E-state index < -0.39 is 0 Å². The van der Waals surface area contributed by atoms with Crippen molar-refractivity contribution in [3.63, 3.8) is 0 Å². The molecule has 0 spiro atoms. The van der Waals surface area contributed by atoms with Crippen LogP contribution in [0.1, 0.15) is 206 Å². The van der Waals surface area contributed by atoms with Crippen LogP contribution in [0.25, 0.3) is 0 Å². The van der Waals surface area contributed by atoms with Crippen LogP contribution in [0.15, 0.2) is 12.7 Å². The monoisotopic (exact) mass is 780 g/mol. The van der Waals surface area contributed by atoms with E-state index in [9.17, 15) is 9.59 Å². The largest absolute Gasteiger partial charge is 1.00 e. The molecule has 0 aliphatic carbocycles. The maximum Gasteiger partial charge on any atom is 0.155 e. The third-order valence-electron chi connectivity index (χ3n) is 9.38. The number of unbranched alkanes of at least 4 members (excludes halogenated alkanes) is 23. The highest BCUT2D eigenvalue weighted by atomic mass is 35.5. The lowest BCUT2D eigenvalue weighted by Gasteiger charge is -2.23. The Kier molecular flexibility index (Phi) is 54.6. The highest BCUT2D eigenvalue weighted by molar-refractivity contribution is 5.88. The molecule has 0 amide bonds. The first kappa shape index (κ1) is 60.8. The second-order valence-corrected chi connectivity index (χ2v) is 17.1. The van der Waals surface area contributed by atoms with Gasteiger partial charge in [-0.1, -0.05) is 155 Å². The van der Waals surface area contributed by atoms with E-state index >= 15 is 0 Å². The number of hydrogen-bond acceptors (Lipinski definition) is 3. The third kappa shape index (κ3) is 64.5. The summed E-state index contributed by atoms with van der Waals surface area (Å²) in [7, 11) is 13.1. The van der Waals surface area contributed by atoms with Crippen molar-refractivity contribution in [2.45, 2.75) is 206 Å². The molecule has 7 heteroatoms. The van der Waals surface area contributed by atoms with Gasteiger partial charge in [-0.2, -0.15) is 0 Å². The quantitative estimate of drug-likeness (QED) is 0.0460. The first-order valence-electron chi connectivity index (χ1n) is 21.8. The Morgan fingerprint density at radius 2 is 0.712 bits per heavy atom. The van der Waals surface area contributed by atoms with Crippen LogP contribution in [0.3, 0.4) is 0 Å². The van der Waals surface area contributed by atoms with Crippen molar-refractivity contribution >= 4 is 11.6 Å². The minimum absolute atomic E-state index is 0. The molecule has 5 nitrogen and oxygen atoms in total. The zero-order valence-corrected chi connectivity index (χ0v) is 38.2. The minimum Gasteiger partial charge on any atom is -1.00 e. The van der Waals surface area contributed by atoms with Gasteiger partial charge in [-0.15, -0.1) is 0 Å². The number of ketones is 2. The zero-order chi connectivity index (χ0) is 38.2. The number of rotatable bonds is 35. The first-order valence-corrected chi connectivity index (χ1v) is 21.8. The Balaban J connectivity index is -0.000000231. The van der Waals surface area contributed by atoms with Gasteiger partial charge in [0, 0.05) is 19.3 Å². The Morgan fingerprint density at radius 1 is 0.442 bits per heavy atom. The summed E-state index contributed by atoms with van der Waals surface area (Å²) in [4.78, 5) is 22.7. The van der Waals surface area contributed by atoms with Crippen LogP contribution in [-0.2, 0) is 9.59 Å². The third-order valence-corrected chi connectivity index (χ3v) is 9.38. The van der Waals surface area contributed by atoms with E-state index in [2.05, 4.69) is 62.7 Å². The number of quaternary nitrogens is 2. The molecule has 0 atom stereocenters. The van der Waals surface area contributed by atoms with Crippen LogP contribution < -0.4 is 30.5 Å². The molecular weight excluding hydrogens is 685 g/mol. The molecule has 0 aliphatic rings. The van der Waals surface area contributed by atoms with Gasteiger partial charge in [0.25, 0.3) is 0 Å². The molecule has 2 N–H and O–H groups in total. The van der Waals surface area contributed by atoms with Gasteiger partial charge in [-0.3, -0.25) is 9.59 Å². The smallest absolute Gasteiger partial charge is 0.155 e. The van der Waals surface area contributed by atoms with E-state index in [1.54, 1.807) is 0 Å². The van der Waals surface area contributed by atoms with Crippen molar-refractivity contribution < 1.29 is 43.4 Å². The van der Waals surface area contributed by atoms with Crippen LogP contribution in [0.5, 0.6) is 0 Å². The van der Waals surface area contributed by atoms with E-state index in [1.807, 2.05) is 0 Å². The molecule has 0 aliphatic heterocycles. The lowest BCUT2D eigenvalue weighted by atomic mass is 10.0. The molecule has 0 aromatic rings. The molecule has 0 unspecified atom stereocenters. The Bertz CT molecular complexity index is 710. The van der Waals surface area contributed by atoms with Gasteiger partial charge in [0.15, 0.2) is 5.78 Å². The lowest BCUT2D eigenvalue weighted by Crippen LogP contribution is -3.00. The van der Waals surface area contributed by atoms with Crippen LogP contribution in [0.2, 0.25) is 0 Å². The Hall–Kier alpha value is -0.460. The second kappa shape index (κ2) is 46.7. The number of allylic oxidation sites excluding steroid dienone is 1. The molecule has 0 rings (SSSR count). The molecule has 0 aromatic carbocycles. The first-order chi connectivity index (χ1) is 23.8. The maximum atomic E-state index is 11.9. The summed E-state index contributed by atoms with van der Waals surface area (Å²) in [6, 6.07) is 0. The summed E-state index contributed by atoms with van der Waals surface area (Å²) in [5.74, 6) is 0.654. The molecule has 0 radical (unpaired) electrons. The fourth-order valence-corrected chi connectivity index (χ4v) is 5.99. The SMILES string of the molecule is C=CC(=O)CCCC[N+](C)(C)C.CCCCCCCCCCCCCCCC(=O)CCCC[N+](C)(C)C.CCCCCCCCCCCCN.[Cl-].[Cl-]. The van der Waals surface area contributed by atoms with E-state index in [0.717, 1.165) is 60.6 Å². The highest BCUT2D eigenvalue weighted by Crippen LogP contribution is 2.14. The number of carbonyl (C=O) groups is 2. The molecule has 0 bridgehead atoms. The molecular formula is C45H95Cl2N3O2. The fraction of sp³-hybridized carbons (Fsp3) is 0.911. The molecule has 316 valence electrons. The predicted octanol–water partition coefficient (Wildman–Crippen LogP) is 6.41. The summed E-state index contributed by atoms with van der Waals surface area (Å²) in [5, 5.41) is 0. The highest BCUT2D eigenvalue weighted by Gasteiger charge is 2.08. The summed E-state index contributed by atoms with van der Waals surface area (Å²) in [6.07, 6.45) is 39.8. The predicted molar refractivity (Wildman–Crippen MR) is 225 cm³/mol. The van der Waals surface area contributed by atoms with Gasteiger partial charge in [0.2, 0.25) is 0 Å². The van der Waals surface area contributed by atoms with E-state index in [0.29, 0.717) is 12.2 Å². The summed E-state index contributed by atoms with van der Waals surface area (Å²) < 4.78 is 1.98. The maximum absolute atomic E-state index is 11.9. The van der Waals surface area contributed by atoms with Gasteiger partial charge < -0.3 is 39.5 Å². The van der Waals surface area contributed by atoms with Crippen molar-refractivity contribution in [2.75, 3.05) is 61.9 Å². The number of halogens is 2. The summed E-state index contributed by atoms with van der Waals surface area (Å²) in [6.45, 7) is 11.2. The van der Waals surface area contributed by atoms with Gasteiger partial charge >= 0.3 is 0 Å². The normalized spacial score (nSPS) is 10.9. The summed E-state index contributed by atoms with van der Waals surface area (Å²) >= 11 is 0. The van der Waals surface area contributed by atoms with E-state index in [1.165, 1.54) is 160 Å². The molecule has 0 saturated heterocycles. The van der Waals surface area contributed by atoms with E-state index in [-0.39, 0.29) is 30.6 Å². The molecule has 0 saturated carbocycles. The number of nitrogens with zero attached hydrogens (tertiary/aromatic N) is 2. The minimum atomic E-state index is 0. The number of carbonyl (C=O) groups excluding carboxylic acids is 2. The van der Waals surface area contributed by atoms with Crippen molar-refractivity contribution in [3.8, 4) is 0 Å². The lowest BCUT2D eigenvalue weighted by molar-refractivity contribution is -0.870. The molecule has 0 fully saturated rings. The zero-order valence-electron chi connectivity index (χ0n) is 36.7. The van der Waals surface area contributed by atoms with E-state index in [4.69, 9.17) is 5.73 Å². The fourth-order valence-electron chi connectivity index (χ4n) is 5.99. The summed E-state index contributed by atoms with van der Waals surface area (Å²) in [5.41, 5.74) is 5.42.